The van der Waals surface area contributed by atoms with Gasteiger partial charge >= 0.3 is 0 Å². The molecule has 2 heterocycles. The summed E-state index contributed by atoms with van der Waals surface area (Å²) in [5.41, 5.74) is 4.34. The topological polar surface area (TPSA) is 60.2 Å². The number of anilines is 1. The molecule has 5 rings (SSSR count). The van der Waals surface area contributed by atoms with Crippen LogP contribution in [-0.4, -0.2) is 27.2 Å². The Hall–Kier alpha value is -3.68. The standard InChI is InChI=1S/C28H25ClN4O2S/c1-18-14-22(29)17-25-26(18)30-28(36-25)32(12-13-33-20(3)15-19(2)31-33)27(34)21-8-7-11-24(16-21)35-23-9-5-4-6-10-23/h4-11,14-17H,12-13H2,1-3H3. The number of nitrogens with zero attached hydrogens (tertiary/aromatic N) is 4. The van der Waals surface area contributed by atoms with Crippen molar-refractivity contribution in [3.05, 3.63) is 100 Å². The zero-order valence-corrected chi connectivity index (χ0v) is 21.8. The van der Waals surface area contributed by atoms with Crippen molar-refractivity contribution in [3.63, 3.8) is 0 Å². The second-order valence-electron chi connectivity index (χ2n) is 8.62. The normalized spacial score (nSPS) is 11.1. The predicted molar refractivity (Wildman–Crippen MR) is 146 cm³/mol. The lowest BCUT2D eigenvalue weighted by molar-refractivity contribution is 0.0985. The van der Waals surface area contributed by atoms with E-state index in [0.29, 0.717) is 40.3 Å². The Bertz CT molecular complexity index is 1540. The van der Waals surface area contributed by atoms with Crippen LogP contribution in [0.3, 0.4) is 0 Å². The van der Waals surface area contributed by atoms with E-state index in [1.54, 1.807) is 17.0 Å². The third-order valence-electron chi connectivity index (χ3n) is 5.81. The van der Waals surface area contributed by atoms with E-state index in [9.17, 15) is 4.79 Å². The van der Waals surface area contributed by atoms with Crippen molar-refractivity contribution in [2.75, 3.05) is 11.4 Å². The van der Waals surface area contributed by atoms with Gasteiger partial charge in [-0.05, 0) is 74.9 Å². The Kier molecular flexibility index (Phi) is 6.76. The van der Waals surface area contributed by atoms with Gasteiger partial charge in [0.1, 0.15) is 11.5 Å². The molecular formula is C28H25ClN4O2S. The molecule has 0 atom stereocenters. The van der Waals surface area contributed by atoms with Gasteiger partial charge in [-0.1, -0.05) is 47.2 Å². The van der Waals surface area contributed by atoms with Crippen LogP contribution < -0.4 is 9.64 Å². The van der Waals surface area contributed by atoms with Crippen molar-refractivity contribution in [2.24, 2.45) is 0 Å². The molecule has 0 spiro atoms. The Balaban J connectivity index is 1.49. The number of aryl methyl sites for hydroxylation is 3. The first kappa shape index (κ1) is 24.0. The number of rotatable bonds is 7. The second-order valence-corrected chi connectivity index (χ2v) is 10.1. The lowest BCUT2D eigenvalue weighted by Gasteiger charge is -2.21. The van der Waals surface area contributed by atoms with Gasteiger partial charge in [-0.2, -0.15) is 5.10 Å². The fourth-order valence-electron chi connectivity index (χ4n) is 4.11. The lowest BCUT2D eigenvalue weighted by atomic mass is 10.2. The van der Waals surface area contributed by atoms with Crippen LogP contribution in [0, 0.1) is 20.8 Å². The van der Waals surface area contributed by atoms with Gasteiger partial charge in [0.2, 0.25) is 0 Å². The van der Waals surface area contributed by atoms with Crippen molar-refractivity contribution >= 4 is 44.2 Å². The Morgan fingerprint density at radius 1 is 1.00 bits per heavy atom. The van der Waals surface area contributed by atoms with E-state index in [2.05, 4.69) is 5.10 Å². The molecule has 0 N–H and O–H groups in total. The van der Waals surface area contributed by atoms with Gasteiger partial charge < -0.3 is 4.74 Å². The molecular weight excluding hydrogens is 492 g/mol. The summed E-state index contributed by atoms with van der Waals surface area (Å²) in [7, 11) is 0. The van der Waals surface area contributed by atoms with Crippen LogP contribution in [0.15, 0.2) is 72.8 Å². The number of halogens is 1. The number of ether oxygens (including phenoxy) is 1. The summed E-state index contributed by atoms with van der Waals surface area (Å²) in [4.78, 5) is 20.4. The summed E-state index contributed by atoms with van der Waals surface area (Å²) in [5.74, 6) is 1.15. The van der Waals surface area contributed by atoms with Crippen LogP contribution in [0.2, 0.25) is 5.02 Å². The first-order valence-corrected chi connectivity index (χ1v) is 12.8. The maximum absolute atomic E-state index is 13.9. The molecule has 0 bridgehead atoms. The van der Waals surface area contributed by atoms with Crippen molar-refractivity contribution < 1.29 is 9.53 Å². The van der Waals surface area contributed by atoms with Crippen molar-refractivity contribution in [1.82, 2.24) is 14.8 Å². The monoisotopic (exact) mass is 516 g/mol. The van der Waals surface area contributed by atoms with Crippen LogP contribution in [-0.2, 0) is 6.54 Å². The minimum Gasteiger partial charge on any atom is -0.457 e. The van der Waals surface area contributed by atoms with Gasteiger partial charge in [-0.3, -0.25) is 14.4 Å². The minimum atomic E-state index is -0.155. The van der Waals surface area contributed by atoms with Crippen molar-refractivity contribution in [1.29, 1.82) is 0 Å². The molecule has 0 radical (unpaired) electrons. The number of amides is 1. The summed E-state index contributed by atoms with van der Waals surface area (Å²) < 4.78 is 8.83. The maximum atomic E-state index is 13.9. The highest BCUT2D eigenvalue weighted by Gasteiger charge is 2.23. The second kappa shape index (κ2) is 10.1. The van der Waals surface area contributed by atoms with E-state index in [4.69, 9.17) is 21.3 Å². The number of hydrogen-bond donors (Lipinski definition) is 0. The molecule has 0 saturated carbocycles. The molecule has 36 heavy (non-hydrogen) atoms. The van der Waals surface area contributed by atoms with E-state index in [1.807, 2.05) is 86.1 Å². The van der Waals surface area contributed by atoms with Crippen LogP contribution in [0.5, 0.6) is 11.5 Å². The first-order chi connectivity index (χ1) is 17.4. The fourth-order valence-corrected chi connectivity index (χ4v) is 5.56. The van der Waals surface area contributed by atoms with Gasteiger partial charge in [0.05, 0.1) is 22.5 Å². The van der Waals surface area contributed by atoms with E-state index >= 15 is 0 Å². The van der Waals surface area contributed by atoms with E-state index in [-0.39, 0.29) is 5.91 Å². The molecule has 0 fully saturated rings. The average Bonchev–Trinajstić information content (AvgIpc) is 3.42. The molecule has 5 aromatic rings. The molecule has 0 unspecified atom stereocenters. The van der Waals surface area contributed by atoms with Crippen LogP contribution >= 0.6 is 22.9 Å². The summed E-state index contributed by atoms with van der Waals surface area (Å²) >= 11 is 7.75. The number of thiazole rings is 1. The van der Waals surface area contributed by atoms with Crippen molar-refractivity contribution in [2.45, 2.75) is 27.3 Å². The average molecular weight is 517 g/mol. The number of para-hydroxylation sites is 1. The highest BCUT2D eigenvalue weighted by molar-refractivity contribution is 7.22. The zero-order valence-electron chi connectivity index (χ0n) is 20.2. The van der Waals surface area contributed by atoms with Gasteiger partial charge in [0, 0.05) is 22.8 Å². The van der Waals surface area contributed by atoms with Crippen molar-refractivity contribution in [3.8, 4) is 11.5 Å². The molecule has 3 aromatic carbocycles. The number of carbonyl (C=O) groups is 1. The molecule has 6 nitrogen and oxygen atoms in total. The van der Waals surface area contributed by atoms with Gasteiger partial charge in [0.15, 0.2) is 5.13 Å². The third-order valence-corrected chi connectivity index (χ3v) is 7.06. The smallest absolute Gasteiger partial charge is 0.260 e. The first-order valence-electron chi connectivity index (χ1n) is 11.6. The fraction of sp³-hybridized carbons (Fsp3) is 0.179. The number of fused-ring (bicyclic) bond motifs is 1. The number of carbonyl (C=O) groups excluding carboxylic acids is 1. The lowest BCUT2D eigenvalue weighted by Crippen LogP contribution is -2.34. The largest absolute Gasteiger partial charge is 0.457 e. The zero-order chi connectivity index (χ0) is 25.2. The Labute approximate surface area is 218 Å². The quantitative estimate of drug-likeness (QED) is 0.229. The molecule has 0 saturated heterocycles. The molecule has 0 aliphatic heterocycles. The molecule has 182 valence electrons. The minimum absolute atomic E-state index is 0.155. The summed E-state index contributed by atoms with van der Waals surface area (Å²) in [6, 6.07) is 22.5. The molecule has 0 aliphatic rings. The van der Waals surface area contributed by atoms with Crippen LogP contribution in [0.1, 0.15) is 27.3 Å². The highest BCUT2D eigenvalue weighted by Crippen LogP contribution is 2.34. The van der Waals surface area contributed by atoms with E-state index in [1.165, 1.54) is 11.3 Å². The Morgan fingerprint density at radius 3 is 2.53 bits per heavy atom. The molecule has 0 aliphatic carbocycles. The number of aromatic nitrogens is 3. The molecule has 1 amide bonds. The molecule has 2 aromatic heterocycles. The molecule has 8 heteroatoms. The Morgan fingerprint density at radius 2 is 1.78 bits per heavy atom. The SMILES string of the molecule is Cc1cc(C)n(CCN(C(=O)c2cccc(Oc3ccccc3)c2)c2nc3c(C)cc(Cl)cc3s2)n1. The van der Waals surface area contributed by atoms with Gasteiger partial charge in [-0.25, -0.2) is 4.98 Å². The predicted octanol–water partition coefficient (Wildman–Crippen LogP) is 7.21. The van der Waals surface area contributed by atoms with Gasteiger partial charge in [-0.15, -0.1) is 0 Å². The van der Waals surface area contributed by atoms with Crippen LogP contribution in [0.4, 0.5) is 5.13 Å². The van der Waals surface area contributed by atoms with E-state index < -0.39 is 0 Å². The third kappa shape index (κ3) is 5.12. The summed E-state index contributed by atoms with van der Waals surface area (Å²) in [6.45, 7) is 6.91. The summed E-state index contributed by atoms with van der Waals surface area (Å²) in [6.07, 6.45) is 0. The number of hydrogen-bond acceptors (Lipinski definition) is 5. The maximum Gasteiger partial charge on any atom is 0.260 e. The number of benzene rings is 3. The highest BCUT2D eigenvalue weighted by atomic mass is 35.5. The summed E-state index contributed by atoms with van der Waals surface area (Å²) in [5, 5.41) is 5.84. The van der Waals surface area contributed by atoms with Gasteiger partial charge in [0.25, 0.3) is 5.91 Å². The van der Waals surface area contributed by atoms with Crippen LogP contribution in [0.25, 0.3) is 10.2 Å². The van der Waals surface area contributed by atoms with E-state index in [0.717, 1.165) is 27.2 Å².